The van der Waals surface area contributed by atoms with E-state index in [9.17, 15) is 13.2 Å². The van der Waals surface area contributed by atoms with Crippen LogP contribution in [0.1, 0.15) is 29.6 Å². The zero-order chi connectivity index (χ0) is 20.0. The Labute approximate surface area is 167 Å². The normalized spacial score (nSPS) is 14.8. The summed E-state index contributed by atoms with van der Waals surface area (Å²) in [4.78, 5) is 15.1. The number of carbonyl (C=O) groups is 1. The number of rotatable bonds is 8. The van der Waals surface area contributed by atoms with Crippen molar-refractivity contribution in [1.82, 2.24) is 10.2 Å². The quantitative estimate of drug-likeness (QED) is 0.691. The van der Waals surface area contributed by atoms with Gasteiger partial charge in [-0.3, -0.25) is 9.10 Å². The molecule has 7 heteroatoms. The molecule has 3 rings (SSSR count). The zero-order valence-electron chi connectivity index (χ0n) is 16.2. The van der Waals surface area contributed by atoms with Crippen molar-refractivity contribution in [1.29, 1.82) is 0 Å². The van der Waals surface area contributed by atoms with Crippen LogP contribution in [0.25, 0.3) is 0 Å². The van der Waals surface area contributed by atoms with Crippen molar-refractivity contribution >= 4 is 21.6 Å². The first-order valence-corrected chi connectivity index (χ1v) is 11.1. The Morgan fingerprint density at radius 1 is 1.07 bits per heavy atom. The summed E-state index contributed by atoms with van der Waals surface area (Å²) >= 11 is 0. The highest BCUT2D eigenvalue weighted by molar-refractivity contribution is 7.92. The Morgan fingerprint density at radius 2 is 1.79 bits per heavy atom. The van der Waals surface area contributed by atoms with Crippen molar-refractivity contribution < 1.29 is 13.2 Å². The second kappa shape index (κ2) is 9.21. The van der Waals surface area contributed by atoms with Crippen LogP contribution in [0, 0.1) is 0 Å². The Kier molecular flexibility index (Phi) is 6.70. The number of anilines is 1. The maximum atomic E-state index is 12.8. The Balaban J connectivity index is 1.62. The number of hydrogen-bond donors (Lipinski definition) is 1. The number of likely N-dealkylation sites (tertiary alicyclic amines) is 1. The molecule has 1 aliphatic heterocycles. The molecule has 1 amide bonds. The highest BCUT2D eigenvalue weighted by Crippen LogP contribution is 2.22. The molecule has 0 bridgehead atoms. The third-order valence-corrected chi connectivity index (χ3v) is 6.81. The highest BCUT2D eigenvalue weighted by atomic mass is 32.2. The molecule has 0 radical (unpaired) electrons. The van der Waals surface area contributed by atoms with E-state index in [1.165, 1.54) is 24.2 Å². The Morgan fingerprint density at radius 3 is 2.50 bits per heavy atom. The predicted molar refractivity (Wildman–Crippen MR) is 111 cm³/mol. The van der Waals surface area contributed by atoms with Gasteiger partial charge in [-0.05, 0) is 69.2 Å². The van der Waals surface area contributed by atoms with Gasteiger partial charge in [-0.25, -0.2) is 8.42 Å². The van der Waals surface area contributed by atoms with Gasteiger partial charge in [-0.1, -0.05) is 24.3 Å². The van der Waals surface area contributed by atoms with Crippen molar-refractivity contribution in [2.24, 2.45) is 0 Å². The van der Waals surface area contributed by atoms with E-state index in [1.54, 1.807) is 54.6 Å². The molecule has 0 unspecified atom stereocenters. The van der Waals surface area contributed by atoms with Gasteiger partial charge < -0.3 is 10.2 Å². The summed E-state index contributed by atoms with van der Waals surface area (Å²) < 4.78 is 26.7. The minimum absolute atomic E-state index is 0.186. The minimum atomic E-state index is -3.67. The van der Waals surface area contributed by atoms with Crippen LogP contribution in [0.3, 0.4) is 0 Å². The fourth-order valence-corrected chi connectivity index (χ4v) is 4.55. The standard InChI is InChI=1S/C21H27N3O3S/c1-23(28(26,27)20-11-3-2-4-12-20)19-10-7-9-18(17-19)21(25)22-13-8-16-24-14-5-6-15-24/h2-4,7,9-12,17H,5-6,8,13-16H2,1H3,(H,22,25). The summed E-state index contributed by atoms with van der Waals surface area (Å²) in [7, 11) is -2.17. The lowest BCUT2D eigenvalue weighted by Crippen LogP contribution is -2.29. The van der Waals surface area contributed by atoms with Crippen LogP contribution >= 0.6 is 0 Å². The lowest BCUT2D eigenvalue weighted by atomic mass is 10.2. The minimum Gasteiger partial charge on any atom is -0.352 e. The molecule has 0 aliphatic carbocycles. The van der Waals surface area contributed by atoms with E-state index in [-0.39, 0.29) is 10.8 Å². The fraction of sp³-hybridized carbons (Fsp3) is 0.381. The van der Waals surface area contributed by atoms with Crippen LogP contribution in [0.15, 0.2) is 59.5 Å². The number of hydrogen-bond acceptors (Lipinski definition) is 4. The molecular weight excluding hydrogens is 374 g/mol. The molecule has 6 nitrogen and oxygen atoms in total. The van der Waals surface area contributed by atoms with E-state index < -0.39 is 10.0 Å². The molecule has 150 valence electrons. The van der Waals surface area contributed by atoms with E-state index in [1.807, 2.05) is 0 Å². The highest BCUT2D eigenvalue weighted by Gasteiger charge is 2.21. The van der Waals surface area contributed by atoms with Crippen molar-refractivity contribution in [2.75, 3.05) is 37.5 Å². The fourth-order valence-electron chi connectivity index (χ4n) is 3.35. The summed E-state index contributed by atoms with van der Waals surface area (Å²) in [6.45, 7) is 3.91. The van der Waals surface area contributed by atoms with Gasteiger partial charge >= 0.3 is 0 Å². The summed E-state index contributed by atoms with van der Waals surface area (Å²) in [6.07, 6.45) is 3.44. The number of nitrogens with zero attached hydrogens (tertiary/aromatic N) is 2. The molecule has 0 spiro atoms. The van der Waals surface area contributed by atoms with Gasteiger partial charge in [-0.2, -0.15) is 0 Å². The third kappa shape index (κ3) is 4.91. The van der Waals surface area contributed by atoms with Crippen molar-refractivity contribution in [2.45, 2.75) is 24.2 Å². The van der Waals surface area contributed by atoms with Gasteiger partial charge in [0.1, 0.15) is 0 Å². The molecule has 1 fully saturated rings. The molecule has 1 saturated heterocycles. The van der Waals surface area contributed by atoms with Gasteiger partial charge in [0.05, 0.1) is 10.6 Å². The van der Waals surface area contributed by atoms with E-state index in [0.717, 1.165) is 26.1 Å². The number of benzene rings is 2. The monoisotopic (exact) mass is 401 g/mol. The van der Waals surface area contributed by atoms with E-state index in [0.29, 0.717) is 17.8 Å². The molecule has 1 N–H and O–H groups in total. The zero-order valence-corrected chi connectivity index (χ0v) is 17.0. The first-order valence-electron chi connectivity index (χ1n) is 9.63. The summed E-state index contributed by atoms with van der Waals surface area (Å²) in [5, 5.41) is 2.93. The molecule has 0 aromatic heterocycles. The van der Waals surface area contributed by atoms with Crippen LogP contribution in [0.4, 0.5) is 5.69 Å². The molecule has 0 saturated carbocycles. The lowest BCUT2D eigenvalue weighted by molar-refractivity contribution is 0.0952. The van der Waals surface area contributed by atoms with Crippen molar-refractivity contribution in [3.63, 3.8) is 0 Å². The third-order valence-electron chi connectivity index (χ3n) is 5.01. The van der Waals surface area contributed by atoms with E-state index >= 15 is 0 Å². The summed E-state index contributed by atoms with van der Waals surface area (Å²) in [6, 6.07) is 15.0. The molecule has 2 aromatic carbocycles. The maximum absolute atomic E-state index is 12.8. The average Bonchev–Trinajstić information content (AvgIpc) is 3.25. The smallest absolute Gasteiger partial charge is 0.264 e. The first-order chi connectivity index (χ1) is 13.5. The van der Waals surface area contributed by atoms with Crippen molar-refractivity contribution in [3.8, 4) is 0 Å². The Hall–Kier alpha value is -2.38. The van der Waals surface area contributed by atoms with Gasteiger partial charge in [0.15, 0.2) is 0 Å². The SMILES string of the molecule is CN(c1cccc(C(=O)NCCCN2CCCC2)c1)S(=O)(=O)c1ccccc1. The topological polar surface area (TPSA) is 69.7 Å². The van der Waals surface area contributed by atoms with Gasteiger partial charge in [0, 0.05) is 19.2 Å². The van der Waals surface area contributed by atoms with Crippen LogP contribution < -0.4 is 9.62 Å². The van der Waals surface area contributed by atoms with Crippen LogP contribution in [0.5, 0.6) is 0 Å². The molecule has 2 aromatic rings. The van der Waals surface area contributed by atoms with Gasteiger partial charge in [-0.15, -0.1) is 0 Å². The molecule has 0 atom stereocenters. The predicted octanol–water partition coefficient (Wildman–Crippen LogP) is 2.73. The molecule has 1 aliphatic rings. The van der Waals surface area contributed by atoms with E-state index in [4.69, 9.17) is 0 Å². The first kappa shape index (κ1) is 20.4. The maximum Gasteiger partial charge on any atom is 0.264 e. The number of carbonyl (C=O) groups excluding carboxylic acids is 1. The summed E-state index contributed by atoms with van der Waals surface area (Å²) in [5.74, 6) is -0.186. The second-order valence-corrected chi connectivity index (χ2v) is 8.96. The lowest BCUT2D eigenvalue weighted by Gasteiger charge is -2.20. The van der Waals surface area contributed by atoms with Crippen LogP contribution in [-0.4, -0.2) is 52.5 Å². The molecular formula is C21H27N3O3S. The number of sulfonamides is 1. The van der Waals surface area contributed by atoms with Gasteiger partial charge in [0.2, 0.25) is 0 Å². The number of amides is 1. The van der Waals surface area contributed by atoms with Crippen LogP contribution in [-0.2, 0) is 10.0 Å². The van der Waals surface area contributed by atoms with E-state index in [2.05, 4.69) is 10.2 Å². The van der Waals surface area contributed by atoms with Crippen LogP contribution in [0.2, 0.25) is 0 Å². The largest absolute Gasteiger partial charge is 0.352 e. The molecule has 1 heterocycles. The molecule has 28 heavy (non-hydrogen) atoms. The van der Waals surface area contributed by atoms with Crippen molar-refractivity contribution in [3.05, 3.63) is 60.2 Å². The second-order valence-electron chi connectivity index (χ2n) is 6.99. The number of nitrogens with one attached hydrogen (secondary N) is 1. The summed E-state index contributed by atoms with van der Waals surface area (Å²) in [5.41, 5.74) is 0.905. The van der Waals surface area contributed by atoms with Gasteiger partial charge in [0.25, 0.3) is 15.9 Å². The Bertz CT molecular complexity index is 894. The average molecular weight is 402 g/mol.